The van der Waals surface area contributed by atoms with Crippen molar-refractivity contribution >= 4 is 16.2 Å². The van der Waals surface area contributed by atoms with E-state index in [1.807, 2.05) is 0 Å². The van der Waals surface area contributed by atoms with Crippen molar-refractivity contribution in [1.29, 1.82) is 0 Å². The van der Waals surface area contributed by atoms with Gasteiger partial charge >= 0.3 is 5.97 Å². The van der Waals surface area contributed by atoms with Gasteiger partial charge in [0.1, 0.15) is 0 Å². The number of rotatable bonds is 6. The van der Waals surface area contributed by atoms with Gasteiger partial charge in [-0.15, -0.1) is 0 Å². The van der Waals surface area contributed by atoms with Crippen molar-refractivity contribution in [3.63, 3.8) is 0 Å². The molecule has 2 N–H and O–H groups in total. The first-order valence-corrected chi connectivity index (χ1v) is 7.97. The predicted molar refractivity (Wildman–Crippen MR) is 67.7 cm³/mol. The van der Waals surface area contributed by atoms with Crippen molar-refractivity contribution in [2.45, 2.75) is 31.7 Å². The van der Waals surface area contributed by atoms with E-state index in [9.17, 15) is 13.2 Å². The molecule has 0 aromatic carbocycles. The highest BCUT2D eigenvalue weighted by Crippen LogP contribution is 2.31. The van der Waals surface area contributed by atoms with Crippen LogP contribution in [0.3, 0.4) is 0 Å². The van der Waals surface area contributed by atoms with Crippen LogP contribution in [0.5, 0.6) is 0 Å². The van der Waals surface area contributed by atoms with Gasteiger partial charge in [-0.05, 0) is 25.7 Å². The van der Waals surface area contributed by atoms with Crippen LogP contribution in [0.4, 0.5) is 0 Å². The molecule has 0 unspecified atom stereocenters. The predicted octanol–water partition coefficient (Wildman–Crippen LogP) is -0.515. The number of hydrogen-bond acceptors (Lipinski definition) is 4. The third kappa shape index (κ3) is 3.25. The molecule has 19 heavy (non-hydrogen) atoms. The normalized spacial score (nSPS) is 22.8. The molecule has 1 aliphatic carbocycles. The molecule has 0 amide bonds. The molecule has 0 radical (unpaired) electrons. The second-order valence-corrected chi connectivity index (χ2v) is 6.97. The minimum absolute atomic E-state index is 0.00865. The third-order valence-corrected chi connectivity index (χ3v) is 5.79. The summed E-state index contributed by atoms with van der Waals surface area (Å²) in [6.45, 7) is 0.412. The molecule has 2 fully saturated rings. The lowest BCUT2D eigenvalue weighted by Crippen LogP contribution is -2.49. The van der Waals surface area contributed by atoms with E-state index in [2.05, 4.69) is 0 Å². The molecule has 2 rings (SSSR count). The van der Waals surface area contributed by atoms with Crippen LogP contribution in [0, 0.1) is 5.92 Å². The molecule has 1 aliphatic heterocycles. The van der Waals surface area contributed by atoms with Gasteiger partial charge in [-0.1, -0.05) is 0 Å². The summed E-state index contributed by atoms with van der Waals surface area (Å²) in [4.78, 5) is 10.9. The summed E-state index contributed by atoms with van der Waals surface area (Å²) in [6, 6.07) is 0.00865. The maximum Gasteiger partial charge on any atom is 0.306 e. The number of piperidine rings is 1. The van der Waals surface area contributed by atoms with Crippen LogP contribution < -0.4 is 0 Å². The van der Waals surface area contributed by atoms with Gasteiger partial charge < -0.3 is 10.2 Å². The Labute approximate surface area is 113 Å². The van der Waals surface area contributed by atoms with Gasteiger partial charge in [0.05, 0.1) is 12.5 Å². The molecule has 0 aromatic rings. The zero-order valence-electron chi connectivity index (χ0n) is 10.7. The highest BCUT2D eigenvalue weighted by atomic mass is 32.2. The lowest BCUT2D eigenvalue weighted by molar-refractivity contribution is -0.142. The van der Waals surface area contributed by atoms with Crippen molar-refractivity contribution in [1.82, 2.24) is 8.61 Å². The van der Waals surface area contributed by atoms with Crippen LogP contribution in [0.25, 0.3) is 0 Å². The fourth-order valence-corrected chi connectivity index (χ4v) is 4.30. The van der Waals surface area contributed by atoms with Crippen LogP contribution in [-0.4, -0.2) is 65.5 Å². The van der Waals surface area contributed by atoms with E-state index >= 15 is 0 Å². The minimum atomic E-state index is -3.56. The highest BCUT2D eigenvalue weighted by Gasteiger charge is 2.41. The van der Waals surface area contributed by atoms with E-state index in [0.717, 1.165) is 12.8 Å². The molecule has 0 bridgehead atoms. The van der Waals surface area contributed by atoms with Crippen LogP contribution in [0.15, 0.2) is 0 Å². The number of nitrogens with zero attached hydrogens (tertiary/aromatic N) is 2. The van der Waals surface area contributed by atoms with E-state index in [0.29, 0.717) is 12.8 Å². The average Bonchev–Trinajstić information content (AvgIpc) is 3.20. The number of hydrogen-bond donors (Lipinski definition) is 2. The summed E-state index contributed by atoms with van der Waals surface area (Å²) < 4.78 is 27.6. The molecular formula is C11H20N2O5S. The van der Waals surface area contributed by atoms with Gasteiger partial charge in [0.15, 0.2) is 0 Å². The number of carbonyl (C=O) groups is 1. The Kier molecular flexibility index (Phi) is 4.44. The quantitative estimate of drug-likeness (QED) is 0.687. The summed E-state index contributed by atoms with van der Waals surface area (Å²) >= 11 is 0. The van der Waals surface area contributed by atoms with Crippen LogP contribution in [0.2, 0.25) is 0 Å². The zero-order chi connectivity index (χ0) is 14.0. The number of carboxylic acid groups (broad SMARTS) is 1. The van der Waals surface area contributed by atoms with E-state index < -0.39 is 22.1 Å². The lowest BCUT2D eigenvalue weighted by Gasteiger charge is -2.33. The van der Waals surface area contributed by atoms with Crippen molar-refractivity contribution < 1.29 is 23.4 Å². The van der Waals surface area contributed by atoms with Crippen molar-refractivity contribution in [2.24, 2.45) is 5.92 Å². The molecule has 0 aromatic heterocycles. The standard InChI is InChI=1S/C11H20N2O5S/c14-8-7-13(10-1-2-10)19(17,18)12-5-3-9(4-6-12)11(15)16/h9-10,14H,1-8H2,(H,15,16). The summed E-state index contributed by atoms with van der Waals surface area (Å²) in [6.07, 6.45) is 2.38. The topological polar surface area (TPSA) is 98.2 Å². The first-order chi connectivity index (χ1) is 8.96. The summed E-state index contributed by atoms with van der Waals surface area (Å²) in [5.74, 6) is -1.30. The first kappa shape index (κ1) is 14.7. The molecule has 1 saturated carbocycles. The number of carboxylic acids is 1. The van der Waals surface area contributed by atoms with Crippen LogP contribution in [-0.2, 0) is 15.0 Å². The van der Waals surface area contributed by atoms with Crippen molar-refractivity contribution in [3.8, 4) is 0 Å². The number of aliphatic hydroxyl groups excluding tert-OH is 1. The molecule has 1 heterocycles. The van der Waals surface area contributed by atoms with E-state index in [1.165, 1.54) is 8.61 Å². The van der Waals surface area contributed by atoms with Gasteiger partial charge in [-0.2, -0.15) is 17.0 Å². The Morgan fingerprint density at radius 2 is 1.79 bits per heavy atom. The van der Waals surface area contributed by atoms with Gasteiger partial charge in [0.2, 0.25) is 0 Å². The molecule has 7 nitrogen and oxygen atoms in total. The molecule has 0 atom stereocenters. The van der Waals surface area contributed by atoms with Crippen LogP contribution in [0.1, 0.15) is 25.7 Å². The lowest BCUT2D eigenvalue weighted by atomic mass is 9.99. The molecule has 8 heteroatoms. The fraction of sp³-hybridized carbons (Fsp3) is 0.909. The molecule has 1 saturated heterocycles. The van der Waals surface area contributed by atoms with E-state index in [1.54, 1.807) is 0 Å². The Balaban J connectivity index is 2.01. The second kappa shape index (κ2) is 5.74. The Morgan fingerprint density at radius 1 is 1.21 bits per heavy atom. The SMILES string of the molecule is O=C(O)C1CCN(S(=O)(=O)N(CCO)C2CC2)CC1. The van der Waals surface area contributed by atoms with E-state index in [4.69, 9.17) is 10.2 Å². The monoisotopic (exact) mass is 292 g/mol. The fourth-order valence-electron chi connectivity index (χ4n) is 2.43. The van der Waals surface area contributed by atoms with E-state index in [-0.39, 0.29) is 32.3 Å². The third-order valence-electron chi connectivity index (χ3n) is 3.70. The maximum atomic E-state index is 12.4. The molecule has 110 valence electrons. The Hall–Kier alpha value is -0.700. The van der Waals surface area contributed by atoms with Gasteiger partial charge in [0, 0.05) is 25.7 Å². The molecule has 0 spiro atoms. The van der Waals surface area contributed by atoms with Crippen LogP contribution >= 0.6 is 0 Å². The summed E-state index contributed by atoms with van der Waals surface area (Å²) in [5, 5.41) is 17.9. The Bertz CT molecular complexity index is 426. The Morgan fingerprint density at radius 3 is 2.21 bits per heavy atom. The van der Waals surface area contributed by atoms with Crippen molar-refractivity contribution in [2.75, 3.05) is 26.2 Å². The zero-order valence-corrected chi connectivity index (χ0v) is 11.5. The van der Waals surface area contributed by atoms with Gasteiger partial charge in [-0.3, -0.25) is 4.79 Å². The van der Waals surface area contributed by atoms with Gasteiger partial charge in [-0.25, -0.2) is 0 Å². The maximum absolute atomic E-state index is 12.4. The smallest absolute Gasteiger partial charge is 0.306 e. The average molecular weight is 292 g/mol. The van der Waals surface area contributed by atoms with Gasteiger partial charge in [0.25, 0.3) is 10.2 Å². The highest BCUT2D eigenvalue weighted by molar-refractivity contribution is 7.86. The summed E-state index contributed by atoms with van der Waals surface area (Å²) in [7, 11) is -3.56. The number of aliphatic hydroxyl groups is 1. The first-order valence-electron chi connectivity index (χ1n) is 6.57. The molecular weight excluding hydrogens is 272 g/mol. The molecule has 2 aliphatic rings. The minimum Gasteiger partial charge on any atom is -0.481 e. The summed E-state index contributed by atoms with van der Waals surface area (Å²) in [5.41, 5.74) is 0. The number of aliphatic carboxylic acids is 1. The largest absolute Gasteiger partial charge is 0.481 e. The second-order valence-electron chi connectivity index (χ2n) is 5.08. The van der Waals surface area contributed by atoms with Crippen molar-refractivity contribution in [3.05, 3.63) is 0 Å².